The molecule has 6 nitrogen and oxygen atoms in total. The van der Waals surface area contributed by atoms with Crippen LogP contribution in [0, 0.1) is 6.92 Å². The highest BCUT2D eigenvalue weighted by molar-refractivity contribution is 7.11. The maximum atomic E-state index is 5.83. The van der Waals surface area contributed by atoms with Crippen LogP contribution in [0.3, 0.4) is 0 Å². The van der Waals surface area contributed by atoms with Gasteiger partial charge in [-0.05, 0) is 31.0 Å². The quantitative estimate of drug-likeness (QED) is 0.866. The Balaban J connectivity index is 1.68. The van der Waals surface area contributed by atoms with Gasteiger partial charge in [-0.25, -0.2) is 0 Å². The molecule has 0 saturated carbocycles. The summed E-state index contributed by atoms with van der Waals surface area (Å²) in [6.45, 7) is 2.73. The van der Waals surface area contributed by atoms with E-state index in [2.05, 4.69) is 20.7 Å². The molecule has 0 amide bonds. The van der Waals surface area contributed by atoms with Gasteiger partial charge in [-0.15, -0.1) is 10.2 Å². The lowest BCUT2D eigenvalue weighted by molar-refractivity contribution is 0.0479. The molecule has 7 heteroatoms. The molecule has 1 aromatic heterocycles. The number of nitrogens with zero attached hydrogens (tertiary/aromatic N) is 3. The monoisotopic (exact) mass is 288 g/mol. The lowest BCUT2D eigenvalue weighted by atomic mass is 10.0. The Kier molecular flexibility index (Phi) is 2.59. The molecular formula is C13H12N4O2S. The van der Waals surface area contributed by atoms with E-state index in [1.54, 1.807) is 0 Å². The Bertz CT molecular complexity index is 698. The summed E-state index contributed by atoms with van der Waals surface area (Å²) in [4.78, 5) is 0. The third kappa shape index (κ3) is 1.90. The highest BCUT2D eigenvalue weighted by Crippen LogP contribution is 2.42. The van der Waals surface area contributed by atoms with E-state index in [-0.39, 0.29) is 0 Å². The van der Waals surface area contributed by atoms with E-state index in [4.69, 9.17) is 9.47 Å². The van der Waals surface area contributed by atoms with Gasteiger partial charge in [0.1, 0.15) is 5.01 Å². The van der Waals surface area contributed by atoms with Crippen LogP contribution in [-0.2, 0) is 6.42 Å². The van der Waals surface area contributed by atoms with Crippen LogP contribution in [0.1, 0.15) is 27.4 Å². The topological polar surface area (TPSA) is 68.6 Å². The first kappa shape index (κ1) is 11.7. The van der Waals surface area contributed by atoms with Crippen molar-refractivity contribution in [3.8, 4) is 11.5 Å². The predicted octanol–water partition coefficient (Wildman–Crippen LogP) is 1.80. The summed E-state index contributed by atoms with van der Waals surface area (Å²) in [6.07, 6.45) is 2.24. The number of hydrazone groups is 1. The molecule has 0 saturated heterocycles. The summed E-state index contributed by atoms with van der Waals surface area (Å²) < 4.78 is 11.7. The lowest BCUT2D eigenvalue weighted by Crippen LogP contribution is -2.07. The van der Waals surface area contributed by atoms with Gasteiger partial charge in [-0.3, -0.25) is 0 Å². The molecule has 0 spiro atoms. The Hall–Kier alpha value is -2.15. The zero-order valence-corrected chi connectivity index (χ0v) is 11.6. The fourth-order valence-corrected chi connectivity index (χ4v) is 2.93. The van der Waals surface area contributed by atoms with Crippen LogP contribution in [0.15, 0.2) is 17.2 Å². The maximum absolute atomic E-state index is 5.83. The molecule has 1 unspecified atom stereocenters. The van der Waals surface area contributed by atoms with E-state index in [0.29, 0.717) is 0 Å². The number of aromatic nitrogens is 2. The number of benzene rings is 1. The molecule has 102 valence electrons. The molecule has 2 aliphatic rings. The minimum absolute atomic E-state index is 0.489. The van der Waals surface area contributed by atoms with Crippen molar-refractivity contribution in [3.63, 3.8) is 0 Å². The molecule has 1 N–H and O–H groups in total. The zero-order chi connectivity index (χ0) is 13.5. The van der Waals surface area contributed by atoms with Gasteiger partial charge >= 0.3 is 0 Å². The number of fused-ring (bicyclic) bond motifs is 2. The van der Waals surface area contributed by atoms with Gasteiger partial charge in [0.15, 0.2) is 16.5 Å². The number of aryl methyl sites for hydroxylation is 1. The molecule has 2 aromatic rings. The second-order valence-corrected chi connectivity index (χ2v) is 5.85. The van der Waals surface area contributed by atoms with E-state index >= 15 is 0 Å². The van der Waals surface area contributed by atoms with Crippen molar-refractivity contribution in [3.05, 3.63) is 33.3 Å². The molecule has 1 atom stereocenters. The van der Waals surface area contributed by atoms with Crippen molar-refractivity contribution < 1.29 is 9.47 Å². The van der Waals surface area contributed by atoms with E-state index in [1.807, 2.05) is 25.3 Å². The van der Waals surface area contributed by atoms with Gasteiger partial charge in [-0.2, -0.15) is 5.10 Å². The van der Waals surface area contributed by atoms with Crippen molar-refractivity contribution in [1.29, 1.82) is 0 Å². The second kappa shape index (κ2) is 4.45. The average molecular weight is 288 g/mol. The smallest absolute Gasteiger partial charge is 0.296 e. The number of hydrogen-bond acceptors (Lipinski definition) is 7. The van der Waals surface area contributed by atoms with Crippen LogP contribution in [0.4, 0.5) is 0 Å². The molecule has 20 heavy (non-hydrogen) atoms. The Morgan fingerprint density at radius 2 is 2.10 bits per heavy atom. The standard InChI is InChI=1S/C13H12N4O2S/c1-7-16-17-12(20-7)13-18-10-4-8-2-3-14-15-6-9(8)5-11(10)19-13/h4-6,13-14H,2-3H2,1H3. The van der Waals surface area contributed by atoms with Gasteiger partial charge in [0.25, 0.3) is 6.29 Å². The van der Waals surface area contributed by atoms with E-state index in [1.165, 1.54) is 16.9 Å². The van der Waals surface area contributed by atoms with Gasteiger partial charge < -0.3 is 14.9 Å². The summed E-state index contributed by atoms with van der Waals surface area (Å²) in [6, 6.07) is 3.99. The van der Waals surface area contributed by atoms with Gasteiger partial charge in [-0.1, -0.05) is 11.3 Å². The molecule has 1 aromatic carbocycles. The molecule has 4 rings (SSSR count). The molecule has 0 bridgehead atoms. The van der Waals surface area contributed by atoms with Crippen LogP contribution in [0.2, 0.25) is 0 Å². The van der Waals surface area contributed by atoms with Gasteiger partial charge in [0, 0.05) is 12.1 Å². The summed E-state index contributed by atoms with van der Waals surface area (Å²) >= 11 is 1.48. The lowest BCUT2D eigenvalue weighted by Gasteiger charge is -2.04. The first-order chi connectivity index (χ1) is 9.79. The number of nitrogens with one attached hydrogen (secondary N) is 1. The number of hydrogen-bond donors (Lipinski definition) is 1. The minimum Gasteiger partial charge on any atom is -0.444 e. The predicted molar refractivity (Wildman–Crippen MR) is 74.4 cm³/mol. The average Bonchev–Trinajstić information content (AvgIpc) is 2.97. The Morgan fingerprint density at radius 1 is 1.25 bits per heavy atom. The molecule has 0 radical (unpaired) electrons. The van der Waals surface area contributed by atoms with Crippen molar-refractivity contribution in [2.75, 3.05) is 6.54 Å². The van der Waals surface area contributed by atoms with Crippen molar-refractivity contribution in [2.24, 2.45) is 5.10 Å². The molecule has 0 fully saturated rings. The summed E-state index contributed by atoms with van der Waals surface area (Å²) in [7, 11) is 0. The summed E-state index contributed by atoms with van der Waals surface area (Å²) in [5.41, 5.74) is 5.24. The number of ether oxygens (including phenoxy) is 2. The van der Waals surface area contributed by atoms with Gasteiger partial charge in [0.2, 0.25) is 0 Å². The van der Waals surface area contributed by atoms with E-state index < -0.39 is 6.29 Å². The van der Waals surface area contributed by atoms with E-state index in [9.17, 15) is 0 Å². The third-order valence-corrected chi connectivity index (χ3v) is 4.08. The SMILES string of the molecule is Cc1nnc(C2Oc3cc4c(cc3O2)CCNN=C4)s1. The minimum atomic E-state index is -0.489. The molecule has 3 heterocycles. The Labute approximate surface area is 119 Å². The van der Waals surface area contributed by atoms with Gasteiger partial charge in [0.05, 0.1) is 6.21 Å². The zero-order valence-electron chi connectivity index (χ0n) is 10.8. The third-order valence-electron chi connectivity index (χ3n) is 3.22. The van der Waals surface area contributed by atoms with Crippen LogP contribution in [0.5, 0.6) is 11.5 Å². The fraction of sp³-hybridized carbons (Fsp3) is 0.308. The molecular weight excluding hydrogens is 276 g/mol. The largest absolute Gasteiger partial charge is 0.444 e. The first-order valence-electron chi connectivity index (χ1n) is 6.36. The van der Waals surface area contributed by atoms with Crippen LogP contribution in [0.25, 0.3) is 0 Å². The van der Waals surface area contributed by atoms with Crippen molar-refractivity contribution >= 4 is 17.6 Å². The summed E-state index contributed by atoms with van der Waals surface area (Å²) in [5.74, 6) is 1.49. The second-order valence-electron chi connectivity index (χ2n) is 4.64. The van der Waals surface area contributed by atoms with Crippen molar-refractivity contribution in [2.45, 2.75) is 19.6 Å². The molecule has 0 aliphatic carbocycles. The van der Waals surface area contributed by atoms with E-state index in [0.717, 1.165) is 40.0 Å². The number of rotatable bonds is 1. The highest BCUT2D eigenvalue weighted by atomic mass is 32.1. The van der Waals surface area contributed by atoms with Crippen LogP contribution in [-0.4, -0.2) is 23.0 Å². The van der Waals surface area contributed by atoms with Crippen molar-refractivity contribution in [1.82, 2.24) is 15.6 Å². The first-order valence-corrected chi connectivity index (χ1v) is 7.17. The Morgan fingerprint density at radius 3 is 2.90 bits per heavy atom. The fourth-order valence-electron chi connectivity index (χ4n) is 2.27. The maximum Gasteiger partial charge on any atom is 0.296 e. The normalized spacial score (nSPS) is 19.4. The van der Waals surface area contributed by atoms with Crippen LogP contribution < -0.4 is 14.9 Å². The van der Waals surface area contributed by atoms with Crippen LogP contribution >= 0.6 is 11.3 Å². The highest BCUT2D eigenvalue weighted by Gasteiger charge is 2.30. The molecule has 2 aliphatic heterocycles. The summed E-state index contributed by atoms with van der Waals surface area (Å²) in [5, 5.41) is 13.8.